The minimum Gasteiger partial charge on any atom is -0.790 e. The molecule has 0 heterocycles. The summed E-state index contributed by atoms with van der Waals surface area (Å²) in [4.78, 5) is 20.0. The van der Waals surface area contributed by atoms with Crippen LogP contribution in [0.2, 0.25) is 0 Å². The average Bonchev–Trinajstić information content (AvgIpc) is 2.88. The molecule has 0 aromatic heterocycles. The summed E-state index contributed by atoms with van der Waals surface area (Å²) in [5.74, 6) is -56.2. The number of sulfonamides is 1. The van der Waals surface area contributed by atoms with Crippen molar-refractivity contribution >= 4 is 17.8 Å². The number of rotatable bonds is 19. The highest BCUT2D eigenvalue weighted by Crippen LogP contribution is 2.65. The second-order valence-corrected chi connectivity index (χ2v) is 12.5. The molecule has 0 amide bonds. The second kappa shape index (κ2) is 14.0. The van der Waals surface area contributed by atoms with Gasteiger partial charge in [-0.1, -0.05) is 6.92 Å². The summed E-state index contributed by atoms with van der Waals surface area (Å²) < 4.78 is 426. The lowest BCUT2D eigenvalue weighted by molar-refractivity contribution is -0.555. The molecular weight excluding hydrogens is 948 g/mol. The Morgan fingerprint density at radius 1 is 0.464 bits per heavy atom. The molecule has 0 aromatic rings. The van der Waals surface area contributed by atoms with Crippen molar-refractivity contribution in [2.75, 3.05) is 6.54 Å². The number of hydrogen-bond donors (Lipinski definition) is 0. The van der Waals surface area contributed by atoms with Crippen molar-refractivity contribution in [3.8, 4) is 0 Å². The molecule has 0 fully saturated rings. The summed E-state index contributed by atoms with van der Waals surface area (Å²) in [6, 6.07) is -8.30. The van der Waals surface area contributed by atoms with Gasteiger partial charge in [-0.2, -0.15) is 127 Å². The quantitative estimate of drug-likeness (QED) is 0.0767. The predicted molar refractivity (Wildman–Crippen MR) is 103 cm³/mol. The summed E-state index contributed by atoms with van der Waals surface area (Å²) in [6.45, 7) is -4.18. The van der Waals surface area contributed by atoms with Crippen molar-refractivity contribution < 1.29 is 164 Å². The van der Waals surface area contributed by atoms with Crippen molar-refractivity contribution in [3.05, 3.63) is 0 Å². The van der Waals surface area contributed by atoms with Gasteiger partial charge in [0.1, 0.15) is 0 Å². The van der Waals surface area contributed by atoms with E-state index in [4.69, 9.17) is 0 Å². The Morgan fingerprint density at radius 2 is 0.732 bits per heavy atom. The lowest BCUT2D eigenvalue weighted by Gasteiger charge is -2.43. The minimum atomic E-state index is -9.64. The molecule has 0 bridgehead atoms. The van der Waals surface area contributed by atoms with Crippen LogP contribution in [0.5, 0.6) is 0 Å². The highest BCUT2D eigenvalue weighted by molar-refractivity contribution is 7.90. The SMILES string of the molecule is CCN(C(F)(F)C(F)(F)OC(F)(F)C(F)(F)OC(F)(F)C(F)(F)OP(=O)([O-])[O-])S(=O)(=O)C(F)(F)C(F)(F)C(F)(F)C(F)(F)C(F)(F)C(F)(F)C(F)(F)C(F)(F)F. The molecule has 0 saturated carbocycles. The second-order valence-electron chi connectivity index (χ2n) is 9.50. The topological polar surface area (TPSA) is 128 Å². The first-order valence-corrected chi connectivity index (χ1v) is 14.6. The maximum atomic E-state index is 14.4. The number of likely N-dealkylation sites (N-methyl/N-ethyl adjacent to an activating group) is 1. The van der Waals surface area contributed by atoms with E-state index in [-0.39, 0.29) is 0 Å². The highest BCUT2D eigenvalue weighted by Gasteiger charge is 2.96. The van der Waals surface area contributed by atoms with Crippen molar-refractivity contribution in [2.24, 2.45) is 0 Å². The number of phosphoric ester groups is 1. The van der Waals surface area contributed by atoms with Crippen LogP contribution in [0.4, 0.5) is 127 Å². The van der Waals surface area contributed by atoms with Crippen LogP contribution in [0.1, 0.15) is 6.92 Å². The fraction of sp³-hybridized carbons (Fsp3) is 1.00. The first-order chi connectivity index (χ1) is 23.6. The molecule has 56 heavy (non-hydrogen) atoms. The third kappa shape index (κ3) is 8.10. The number of hydrogen-bond acceptors (Lipinski definition) is 8. The van der Waals surface area contributed by atoms with Gasteiger partial charge < -0.3 is 14.4 Å². The van der Waals surface area contributed by atoms with Gasteiger partial charge in [0.2, 0.25) is 0 Å². The molecule has 0 saturated heterocycles. The number of alkyl halides is 29. The summed E-state index contributed by atoms with van der Waals surface area (Å²) in [5, 5.41) is -9.13. The van der Waals surface area contributed by atoms with Crippen molar-refractivity contribution in [2.45, 2.75) is 90.5 Å². The number of halogens is 29. The lowest BCUT2D eigenvalue weighted by atomic mass is 9.91. The van der Waals surface area contributed by atoms with E-state index >= 15 is 0 Å². The largest absolute Gasteiger partial charge is 0.790 e. The Labute approximate surface area is 284 Å². The Kier molecular flexibility index (Phi) is 13.5. The molecule has 0 aliphatic heterocycles. The standard InChI is InChI=1S/C16H7F29NO8PS/c1-2-46(10(32,33)11(34,35)52-12(36,37)13(38,39)53-14(40,41)15(42,43)54-55(47,48)49)56(50,51)16(44,45)8(27,28)6(23,24)4(19,20)3(17,18)5(21,22)7(25,26)9(29,30)31/h2H2,1H3,(H2,47,48,49)/p-2. The molecule has 9 nitrogen and oxygen atoms in total. The van der Waals surface area contributed by atoms with Gasteiger partial charge in [0.25, 0.3) is 10.0 Å². The van der Waals surface area contributed by atoms with E-state index in [1.165, 1.54) is 9.47 Å². The van der Waals surface area contributed by atoms with Gasteiger partial charge in [-0.3, -0.25) is 4.52 Å². The maximum absolute atomic E-state index is 14.4. The molecule has 40 heteroatoms. The van der Waals surface area contributed by atoms with Crippen LogP contribution in [-0.4, -0.2) is 103 Å². The summed E-state index contributed by atoms with van der Waals surface area (Å²) in [7, 11) is -17.2. The molecule has 0 N–H and O–H groups in total. The first-order valence-electron chi connectivity index (χ1n) is 11.7. The Bertz CT molecular complexity index is 1590. The molecular formula is C16H5F29NO8PS-2. The molecule has 0 rings (SSSR count). The maximum Gasteiger partial charge on any atom is 0.460 e. The van der Waals surface area contributed by atoms with E-state index in [1.54, 1.807) is 4.52 Å². The smallest absolute Gasteiger partial charge is 0.460 e. The number of nitrogens with zero attached hydrogens (tertiary/aromatic N) is 1. The first kappa shape index (κ1) is 53.9. The molecule has 0 aromatic carbocycles. The zero-order chi connectivity index (χ0) is 46.4. The lowest BCUT2D eigenvalue weighted by Crippen LogP contribution is -2.75. The third-order valence-corrected chi connectivity index (χ3v) is 8.10. The summed E-state index contributed by atoms with van der Waals surface area (Å²) in [5.41, 5.74) is 0. The monoisotopic (exact) mass is 953 g/mol. The summed E-state index contributed by atoms with van der Waals surface area (Å²) >= 11 is 0. The van der Waals surface area contributed by atoms with E-state index in [0.29, 0.717) is 0 Å². The van der Waals surface area contributed by atoms with Crippen LogP contribution in [0.25, 0.3) is 0 Å². The fourth-order valence-corrected chi connectivity index (χ4v) is 4.73. The Balaban J connectivity index is 7.32. The summed E-state index contributed by atoms with van der Waals surface area (Å²) in [6.07, 6.45) is -48.4. The van der Waals surface area contributed by atoms with Crippen molar-refractivity contribution in [1.82, 2.24) is 4.31 Å². The molecule has 0 unspecified atom stereocenters. The van der Waals surface area contributed by atoms with Gasteiger partial charge in [-0.05, 0) is 0 Å². The molecule has 0 aliphatic rings. The van der Waals surface area contributed by atoms with Crippen LogP contribution < -0.4 is 9.79 Å². The third-order valence-electron chi connectivity index (χ3n) is 5.67. The molecule has 0 spiro atoms. The van der Waals surface area contributed by atoms with E-state index in [2.05, 4.69) is 0 Å². The van der Waals surface area contributed by atoms with E-state index in [0.717, 1.165) is 0 Å². The molecule has 338 valence electrons. The molecule has 0 aliphatic carbocycles. The van der Waals surface area contributed by atoms with Gasteiger partial charge in [-0.15, -0.1) is 4.31 Å². The van der Waals surface area contributed by atoms with Crippen molar-refractivity contribution in [3.63, 3.8) is 0 Å². The van der Waals surface area contributed by atoms with Crippen LogP contribution in [0.15, 0.2) is 0 Å². The number of ether oxygens (including phenoxy) is 2. The van der Waals surface area contributed by atoms with Crippen LogP contribution in [0.3, 0.4) is 0 Å². The zero-order valence-corrected chi connectivity index (χ0v) is 25.9. The number of phosphoric acid groups is 1. The highest BCUT2D eigenvalue weighted by atomic mass is 32.2. The molecule has 0 atom stereocenters. The molecule has 0 radical (unpaired) electrons. The Hall–Kier alpha value is -2.09. The van der Waals surface area contributed by atoms with Crippen LogP contribution >= 0.6 is 7.82 Å². The normalized spacial score (nSPS) is 16.9. The van der Waals surface area contributed by atoms with E-state index in [1.807, 2.05) is 0 Å². The Morgan fingerprint density at radius 3 is 1.02 bits per heavy atom. The van der Waals surface area contributed by atoms with Gasteiger partial charge in [0.15, 0.2) is 0 Å². The van der Waals surface area contributed by atoms with E-state index in [9.17, 15) is 150 Å². The van der Waals surface area contributed by atoms with Crippen molar-refractivity contribution in [1.29, 1.82) is 0 Å². The zero-order valence-electron chi connectivity index (χ0n) is 24.2. The van der Waals surface area contributed by atoms with Gasteiger partial charge in [0, 0.05) is 6.54 Å². The van der Waals surface area contributed by atoms with Gasteiger partial charge in [0.05, 0.1) is 7.82 Å². The van der Waals surface area contributed by atoms with Crippen LogP contribution in [-0.2, 0) is 28.6 Å². The van der Waals surface area contributed by atoms with Gasteiger partial charge in [-0.25, -0.2) is 17.9 Å². The fourth-order valence-electron chi connectivity index (χ4n) is 2.87. The van der Waals surface area contributed by atoms with Crippen LogP contribution in [0, 0.1) is 0 Å². The van der Waals surface area contributed by atoms with E-state index < -0.39 is 119 Å². The van der Waals surface area contributed by atoms with Gasteiger partial charge >= 0.3 is 83.6 Å². The predicted octanol–water partition coefficient (Wildman–Crippen LogP) is 7.04. The minimum absolute atomic E-state index is 0.778. The average molecular weight is 953 g/mol.